The van der Waals surface area contributed by atoms with Crippen LogP contribution in [0.3, 0.4) is 0 Å². The maximum absolute atomic E-state index is 5.77. The predicted octanol–water partition coefficient (Wildman–Crippen LogP) is 4.46. The molecule has 0 radical (unpaired) electrons. The Morgan fingerprint density at radius 1 is 0.839 bits per heavy atom. The molecule has 1 unspecified atom stereocenters. The fourth-order valence-electron chi connectivity index (χ4n) is 4.30. The number of piperidine rings is 1. The van der Waals surface area contributed by atoms with Crippen LogP contribution in [0.25, 0.3) is 17.6 Å². The first-order valence-electron chi connectivity index (χ1n) is 11.0. The lowest BCUT2D eigenvalue weighted by Crippen LogP contribution is -2.34. The molecule has 1 saturated heterocycles. The van der Waals surface area contributed by atoms with Gasteiger partial charge in [0, 0.05) is 30.2 Å². The van der Waals surface area contributed by atoms with E-state index < -0.39 is 0 Å². The molecule has 3 heteroatoms. The first-order valence-corrected chi connectivity index (χ1v) is 12.2. The summed E-state index contributed by atoms with van der Waals surface area (Å²) in [6.45, 7) is 3.26. The molecule has 0 aliphatic carbocycles. The normalized spacial score (nSPS) is 18.6. The molecule has 0 bridgehead atoms. The van der Waals surface area contributed by atoms with Gasteiger partial charge in [0.25, 0.3) is 0 Å². The van der Waals surface area contributed by atoms with Gasteiger partial charge in [0.2, 0.25) is 0 Å². The van der Waals surface area contributed by atoms with E-state index in [9.17, 15) is 0 Å². The van der Waals surface area contributed by atoms with Crippen LogP contribution in [0.15, 0.2) is 83.8 Å². The Labute approximate surface area is 187 Å². The number of hydrogen-bond donors (Lipinski definition) is 1. The number of nitrogens with zero attached hydrogens (tertiary/aromatic N) is 1. The lowest BCUT2D eigenvalue weighted by molar-refractivity contribution is 0.306. The van der Waals surface area contributed by atoms with Crippen molar-refractivity contribution in [1.29, 1.82) is 0 Å². The third-order valence-corrected chi connectivity index (χ3v) is 8.41. The van der Waals surface area contributed by atoms with Crippen molar-refractivity contribution in [1.82, 2.24) is 4.90 Å². The molecule has 31 heavy (non-hydrogen) atoms. The highest BCUT2D eigenvalue weighted by atomic mass is 32.2. The first kappa shape index (κ1) is 20.0. The molecule has 2 nitrogen and oxygen atoms in total. The van der Waals surface area contributed by atoms with Crippen LogP contribution in [0.4, 0.5) is 5.69 Å². The van der Waals surface area contributed by atoms with E-state index in [1.165, 1.54) is 39.3 Å². The maximum Gasteiger partial charge on any atom is 0.0314 e. The summed E-state index contributed by atoms with van der Waals surface area (Å²) >= 11 is 0. The Kier molecular flexibility index (Phi) is 5.88. The highest BCUT2D eigenvalue weighted by molar-refractivity contribution is 8.22. The maximum atomic E-state index is 5.77. The Hall–Kier alpha value is -2.88. The zero-order chi connectivity index (χ0) is 21.0. The van der Waals surface area contributed by atoms with Gasteiger partial charge in [0.1, 0.15) is 0 Å². The molecule has 5 rings (SSSR count). The van der Waals surface area contributed by atoms with E-state index in [2.05, 4.69) is 89.2 Å². The molecule has 2 aliphatic heterocycles. The molecule has 2 N–H and O–H groups in total. The van der Waals surface area contributed by atoms with Gasteiger partial charge in [0.15, 0.2) is 0 Å². The molecule has 3 aromatic carbocycles. The van der Waals surface area contributed by atoms with Crippen LogP contribution < -0.4 is 16.2 Å². The predicted molar refractivity (Wildman–Crippen MR) is 137 cm³/mol. The fourth-order valence-corrected chi connectivity index (χ4v) is 6.60. The Balaban J connectivity index is 1.36. The van der Waals surface area contributed by atoms with Gasteiger partial charge in [-0.3, -0.25) is 4.90 Å². The van der Waals surface area contributed by atoms with E-state index in [-0.39, 0.29) is 10.5 Å². The quantitative estimate of drug-likeness (QED) is 0.497. The minimum absolute atomic E-state index is 0.0665. The number of nitrogens with two attached hydrogens (primary N) is 1. The van der Waals surface area contributed by atoms with Gasteiger partial charge < -0.3 is 5.73 Å². The van der Waals surface area contributed by atoms with E-state index in [1.54, 1.807) is 4.86 Å². The Morgan fingerprint density at radius 3 is 2.35 bits per heavy atom. The van der Waals surface area contributed by atoms with E-state index in [1.807, 2.05) is 12.1 Å². The zero-order valence-electron chi connectivity index (χ0n) is 17.7. The second-order valence-electron chi connectivity index (χ2n) is 8.18. The molecule has 0 amide bonds. The summed E-state index contributed by atoms with van der Waals surface area (Å²) in [5.74, 6) is 0. The van der Waals surface area contributed by atoms with Crippen molar-refractivity contribution in [2.24, 2.45) is 0 Å². The van der Waals surface area contributed by atoms with Crippen molar-refractivity contribution in [2.45, 2.75) is 17.7 Å². The van der Waals surface area contributed by atoms with Crippen LogP contribution in [0.2, 0.25) is 0 Å². The van der Waals surface area contributed by atoms with Crippen molar-refractivity contribution in [3.05, 3.63) is 100 Å². The summed E-state index contributed by atoms with van der Waals surface area (Å²) in [6, 6.07) is 25.8. The summed E-state index contributed by atoms with van der Waals surface area (Å²) in [7, 11) is 0.0665. The number of rotatable bonds is 3. The topological polar surface area (TPSA) is 29.3 Å². The van der Waals surface area contributed by atoms with Crippen molar-refractivity contribution < 1.29 is 0 Å². The van der Waals surface area contributed by atoms with Gasteiger partial charge in [-0.25, -0.2) is 0 Å². The molecule has 3 aromatic rings. The lowest BCUT2D eigenvalue weighted by atomic mass is 10.1. The Bertz CT molecular complexity index is 1260. The number of nitrogen functional groups attached to an aromatic ring is 1. The lowest BCUT2D eigenvalue weighted by Gasteiger charge is -2.29. The van der Waals surface area contributed by atoms with E-state index in [4.69, 9.17) is 5.73 Å². The summed E-state index contributed by atoms with van der Waals surface area (Å²) in [4.78, 5) is 5.73. The van der Waals surface area contributed by atoms with E-state index in [0.29, 0.717) is 0 Å². The fraction of sp³-hybridized carbons (Fsp3) is 0.179. The average Bonchev–Trinajstić information content (AvgIpc) is 2.98. The van der Waals surface area contributed by atoms with Crippen molar-refractivity contribution in [2.75, 3.05) is 25.4 Å². The molecule has 2 aliphatic rings. The number of benzene rings is 3. The van der Waals surface area contributed by atoms with Crippen LogP contribution in [0.1, 0.15) is 24.0 Å². The average molecular weight is 425 g/mol. The van der Waals surface area contributed by atoms with Crippen molar-refractivity contribution in [3.63, 3.8) is 0 Å². The number of fused-ring (bicyclic) bond motifs is 2. The smallest absolute Gasteiger partial charge is 0.0314 e. The van der Waals surface area contributed by atoms with Crippen LogP contribution in [0, 0.1) is 0 Å². The number of likely N-dealkylation sites (tertiary alicyclic amines) is 1. The molecular formula is C28H28N2S. The van der Waals surface area contributed by atoms with Crippen LogP contribution in [0.5, 0.6) is 0 Å². The summed E-state index contributed by atoms with van der Waals surface area (Å²) in [5, 5.41) is 5.21. The van der Waals surface area contributed by atoms with Crippen LogP contribution >= 0.6 is 10.5 Å². The standard InChI is InChI=1S/C28H28N2S/c29-26-13-11-22(12-14-26)6-5-17-30-18-15-27(16-19-30)31-21-25-9-2-1-7-23(25)20-24-8-3-4-10-28(24)31/h1-14,20-21H,15-19,29H2/b6-5+. The molecule has 1 fully saturated rings. The minimum atomic E-state index is 0.0665. The third kappa shape index (κ3) is 4.58. The van der Waals surface area contributed by atoms with Crippen molar-refractivity contribution >= 4 is 38.6 Å². The molecule has 0 spiro atoms. The summed E-state index contributed by atoms with van der Waals surface area (Å²) in [6.07, 6.45) is 9.17. The van der Waals surface area contributed by atoms with Crippen LogP contribution in [-0.2, 0) is 0 Å². The second kappa shape index (κ2) is 9.09. The molecule has 0 aromatic heterocycles. The highest BCUT2D eigenvalue weighted by Gasteiger charge is 2.17. The first-order chi connectivity index (χ1) is 15.3. The van der Waals surface area contributed by atoms with E-state index in [0.717, 1.165) is 25.3 Å². The number of hydrogen-bond acceptors (Lipinski definition) is 2. The minimum Gasteiger partial charge on any atom is -0.399 e. The van der Waals surface area contributed by atoms with Gasteiger partial charge in [-0.2, -0.15) is 0 Å². The second-order valence-corrected chi connectivity index (χ2v) is 10.1. The monoisotopic (exact) mass is 424 g/mol. The van der Waals surface area contributed by atoms with Crippen molar-refractivity contribution in [3.8, 4) is 0 Å². The summed E-state index contributed by atoms with van der Waals surface area (Å²) in [5.41, 5.74) is 9.17. The van der Waals surface area contributed by atoms with Gasteiger partial charge in [-0.05, 0) is 69.0 Å². The van der Waals surface area contributed by atoms with Crippen LogP contribution in [-0.4, -0.2) is 29.4 Å². The third-order valence-electron chi connectivity index (χ3n) is 6.04. The SMILES string of the molecule is Nc1ccc(/C=C/CN2CCC(=S3C=c4ccccc4=Cc4ccccc43)CC2)cc1. The number of anilines is 1. The Morgan fingerprint density at radius 2 is 1.55 bits per heavy atom. The van der Waals surface area contributed by atoms with E-state index >= 15 is 0 Å². The van der Waals surface area contributed by atoms with Gasteiger partial charge in [-0.15, -0.1) is 10.5 Å². The largest absolute Gasteiger partial charge is 0.399 e. The molecule has 0 saturated carbocycles. The van der Waals surface area contributed by atoms with Gasteiger partial charge in [-0.1, -0.05) is 66.7 Å². The molecule has 2 heterocycles. The molecular weight excluding hydrogens is 396 g/mol. The highest BCUT2D eigenvalue weighted by Crippen LogP contribution is 2.36. The molecule has 1 atom stereocenters. The summed E-state index contributed by atoms with van der Waals surface area (Å²) < 4.78 is 0. The van der Waals surface area contributed by atoms with Gasteiger partial charge in [0.05, 0.1) is 0 Å². The molecule has 156 valence electrons. The zero-order valence-corrected chi connectivity index (χ0v) is 18.5. The van der Waals surface area contributed by atoms with Gasteiger partial charge >= 0.3 is 0 Å².